The maximum absolute atomic E-state index is 13.7. The molecule has 0 aliphatic rings. The van der Waals surface area contributed by atoms with E-state index in [2.05, 4.69) is 0 Å². The molecule has 1 aromatic rings. The molecule has 0 unspecified atom stereocenters. The van der Waals surface area contributed by atoms with Crippen LogP contribution in [0.1, 0.15) is 36.9 Å². The molecule has 0 saturated carbocycles. The molecule has 0 heterocycles. The molecule has 96 valence electrons. The molecule has 0 aliphatic heterocycles. The predicted octanol–water partition coefficient (Wildman–Crippen LogP) is 4.30. The third-order valence-electron chi connectivity index (χ3n) is 2.41. The molecule has 6 heteroatoms. The molecule has 1 nitrogen and oxygen atoms in total. The van der Waals surface area contributed by atoms with E-state index in [0.717, 1.165) is 12.1 Å². The first-order chi connectivity index (χ1) is 7.79. The van der Waals surface area contributed by atoms with Crippen LogP contribution in [0.2, 0.25) is 5.02 Å². The third-order valence-corrected chi connectivity index (χ3v) is 2.70. The number of halogens is 5. The molecule has 0 bridgehead atoms. The van der Waals surface area contributed by atoms with Gasteiger partial charge in [-0.3, -0.25) is 0 Å². The lowest BCUT2D eigenvalue weighted by atomic mass is 9.96. The SMILES string of the molecule is CCC[C@H](N)c1c(C(F)(F)F)ccc(Cl)c1F. The standard InChI is InChI=1S/C11H12ClF4N/c1-2-3-8(17)9-6(11(14,15)16)4-5-7(12)10(9)13/h4-5,8H,2-3,17H2,1H3/t8-/m0/s1. The van der Waals surface area contributed by atoms with E-state index in [9.17, 15) is 17.6 Å². The van der Waals surface area contributed by atoms with Crippen molar-refractivity contribution < 1.29 is 17.6 Å². The zero-order valence-electron chi connectivity index (χ0n) is 9.11. The van der Waals surface area contributed by atoms with Gasteiger partial charge in [-0.25, -0.2) is 4.39 Å². The van der Waals surface area contributed by atoms with Gasteiger partial charge in [0.15, 0.2) is 0 Å². The first-order valence-corrected chi connectivity index (χ1v) is 5.47. The zero-order chi connectivity index (χ0) is 13.2. The monoisotopic (exact) mass is 269 g/mol. The van der Waals surface area contributed by atoms with E-state index in [0.29, 0.717) is 6.42 Å². The van der Waals surface area contributed by atoms with Crippen molar-refractivity contribution in [2.45, 2.75) is 32.0 Å². The average molecular weight is 270 g/mol. The first kappa shape index (κ1) is 14.3. The highest BCUT2D eigenvalue weighted by atomic mass is 35.5. The van der Waals surface area contributed by atoms with Crippen LogP contribution in [0.5, 0.6) is 0 Å². The Labute approximate surface area is 102 Å². The van der Waals surface area contributed by atoms with Crippen molar-refractivity contribution in [3.63, 3.8) is 0 Å². The van der Waals surface area contributed by atoms with E-state index in [-0.39, 0.29) is 11.4 Å². The van der Waals surface area contributed by atoms with E-state index in [1.807, 2.05) is 0 Å². The summed E-state index contributed by atoms with van der Waals surface area (Å²) in [5, 5.41) is -0.348. The largest absolute Gasteiger partial charge is 0.416 e. The van der Waals surface area contributed by atoms with Crippen LogP contribution in [-0.2, 0) is 6.18 Å². The summed E-state index contributed by atoms with van der Waals surface area (Å²) in [6.07, 6.45) is -3.81. The van der Waals surface area contributed by atoms with Crippen LogP contribution in [-0.4, -0.2) is 0 Å². The number of hydrogen-bond acceptors (Lipinski definition) is 1. The number of hydrogen-bond donors (Lipinski definition) is 1. The van der Waals surface area contributed by atoms with Crippen LogP contribution >= 0.6 is 11.6 Å². The maximum atomic E-state index is 13.7. The fourth-order valence-electron chi connectivity index (χ4n) is 1.63. The molecule has 0 spiro atoms. The number of nitrogens with two attached hydrogens (primary N) is 1. The topological polar surface area (TPSA) is 26.0 Å². The van der Waals surface area contributed by atoms with Crippen LogP contribution in [0.4, 0.5) is 17.6 Å². The second-order valence-electron chi connectivity index (χ2n) is 3.72. The highest BCUT2D eigenvalue weighted by Crippen LogP contribution is 2.38. The van der Waals surface area contributed by atoms with Gasteiger partial charge in [0.25, 0.3) is 0 Å². The molecule has 1 aromatic carbocycles. The Bertz CT molecular complexity index is 403. The van der Waals surface area contributed by atoms with Gasteiger partial charge in [-0.1, -0.05) is 24.9 Å². The molecule has 0 amide bonds. The highest BCUT2D eigenvalue weighted by molar-refractivity contribution is 6.30. The smallest absolute Gasteiger partial charge is 0.324 e. The second kappa shape index (κ2) is 5.23. The van der Waals surface area contributed by atoms with Crippen LogP contribution < -0.4 is 5.73 Å². The summed E-state index contributed by atoms with van der Waals surface area (Å²) in [7, 11) is 0. The van der Waals surface area contributed by atoms with Crippen LogP contribution in [0.3, 0.4) is 0 Å². The summed E-state index contributed by atoms with van der Waals surface area (Å²) < 4.78 is 51.7. The van der Waals surface area contributed by atoms with Gasteiger partial charge in [-0.05, 0) is 18.6 Å². The summed E-state index contributed by atoms with van der Waals surface area (Å²) in [5.74, 6) is -1.08. The molecule has 0 radical (unpaired) electrons. The maximum Gasteiger partial charge on any atom is 0.416 e. The lowest BCUT2D eigenvalue weighted by Crippen LogP contribution is -2.19. The normalized spacial score (nSPS) is 13.8. The molecule has 0 aliphatic carbocycles. The fraction of sp³-hybridized carbons (Fsp3) is 0.455. The van der Waals surface area contributed by atoms with Gasteiger partial charge >= 0.3 is 6.18 Å². The molecule has 0 aromatic heterocycles. The molecule has 1 rings (SSSR count). The third kappa shape index (κ3) is 3.10. The van der Waals surface area contributed by atoms with Gasteiger partial charge in [0.1, 0.15) is 5.82 Å². The number of rotatable bonds is 3. The summed E-state index contributed by atoms with van der Waals surface area (Å²) in [5.41, 5.74) is 3.97. The molecular formula is C11H12ClF4N. The molecule has 17 heavy (non-hydrogen) atoms. The van der Waals surface area contributed by atoms with E-state index in [4.69, 9.17) is 17.3 Å². The molecule has 2 N–H and O–H groups in total. The van der Waals surface area contributed by atoms with Crippen LogP contribution in [0.15, 0.2) is 12.1 Å². The van der Waals surface area contributed by atoms with Gasteiger partial charge < -0.3 is 5.73 Å². The van der Waals surface area contributed by atoms with Crippen molar-refractivity contribution in [3.05, 3.63) is 34.1 Å². The minimum Gasteiger partial charge on any atom is -0.324 e. The van der Waals surface area contributed by atoms with Gasteiger partial charge in [0, 0.05) is 11.6 Å². The van der Waals surface area contributed by atoms with Crippen molar-refractivity contribution in [1.29, 1.82) is 0 Å². The highest BCUT2D eigenvalue weighted by Gasteiger charge is 2.36. The Hall–Kier alpha value is -0.810. The minimum absolute atomic E-state index is 0.264. The Morgan fingerprint density at radius 2 is 1.94 bits per heavy atom. The van der Waals surface area contributed by atoms with Crippen molar-refractivity contribution in [2.75, 3.05) is 0 Å². The lowest BCUT2D eigenvalue weighted by molar-refractivity contribution is -0.138. The Morgan fingerprint density at radius 1 is 1.35 bits per heavy atom. The number of alkyl halides is 3. The predicted molar refractivity (Wildman–Crippen MR) is 58.2 cm³/mol. The van der Waals surface area contributed by atoms with Gasteiger partial charge in [0.05, 0.1) is 10.6 Å². The fourth-order valence-corrected chi connectivity index (χ4v) is 1.80. The van der Waals surface area contributed by atoms with Crippen molar-refractivity contribution in [1.82, 2.24) is 0 Å². The summed E-state index contributed by atoms with van der Waals surface area (Å²) in [6, 6.07) is 0.647. The summed E-state index contributed by atoms with van der Waals surface area (Å²) in [6.45, 7) is 1.76. The molecular weight excluding hydrogens is 258 g/mol. The average Bonchev–Trinajstić information content (AvgIpc) is 2.20. The van der Waals surface area contributed by atoms with E-state index < -0.39 is 29.2 Å². The molecule has 0 saturated heterocycles. The van der Waals surface area contributed by atoms with Gasteiger partial charge in [-0.2, -0.15) is 13.2 Å². The zero-order valence-corrected chi connectivity index (χ0v) is 9.87. The summed E-state index contributed by atoms with van der Waals surface area (Å²) in [4.78, 5) is 0. The molecule has 1 atom stereocenters. The summed E-state index contributed by atoms with van der Waals surface area (Å²) >= 11 is 5.48. The quantitative estimate of drug-likeness (QED) is 0.814. The van der Waals surface area contributed by atoms with Crippen molar-refractivity contribution in [2.24, 2.45) is 5.73 Å². The Balaban J connectivity index is 3.36. The first-order valence-electron chi connectivity index (χ1n) is 5.09. The van der Waals surface area contributed by atoms with Crippen LogP contribution in [0, 0.1) is 5.82 Å². The minimum atomic E-state index is -4.63. The molecule has 0 fully saturated rings. The lowest BCUT2D eigenvalue weighted by Gasteiger charge is -2.19. The van der Waals surface area contributed by atoms with E-state index in [1.165, 1.54) is 0 Å². The van der Waals surface area contributed by atoms with Gasteiger partial charge in [-0.15, -0.1) is 0 Å². The van der Waals surface area contributed by atoms with Crippen molar-refractivity contribution in [3.8, 4) is 0 Å². The second-order valence-corrected chi connectivity index (χ2v) is 4.12. The van der Waals surface area contributed by atoms with Crippen LogP contribution in [0.25, 0.3) is 0 Å². The van der Waals surface area contributed by atoms with E-state index in [1.54, 1.807) is 6.92 Å². The van der Waals surface area contributed by atoms with Crippen molar-refractivity contribution >= 4 is 11.6 Å². The number of benzene rings is 1. The van der Waals surface area contributed by atoms with Gasteiger partial charge in [0.2, 0.25) is 0 Å². The Morgan fingerprint density at radius 3 is 2.41 bits per heavy atom. The van der Waals surface area contributed by atoms with E-state index >= 15 is 0 Å². The Kier molecular flexibility index (Phi) is 4.38.